The molecule has 1 rings (SSSR count). The molecule has 12 heavy (non-hydrogen) atoms. The summed E-state index contributed by atoms with van der Waals surface area (Å²) in [6, 6.07) is 0. The fraction of sp³-hybridized carbons (Fsp3) is 0.714. The molecule has 0 aliphatic rings. The summed E-state index contributed by atoms with van der Waals surface area (Å²) in [5.74, 6) is 0.720. The van der Waals surface area contributed by atoms with E-state index >= 15 is 0 Å². The number of rotatable bonds is 3. The molecule has 0 radical (unpaired) electrons. The normalized spacial score (nSPS) is 10.0. The van der Waals surface area contributed by atoms with Crippen molar-refractivity contribution in [2.75, 3.05) is 0 Å². The molecule has 0 fully saturated rings. The van der Waals surface area contributed by atoms with Gasteiger partial charge < -0.3 is 0 Å². The Morgan fingerprint density at radius 2 is 2.25 bits per heavy atom. The summed E-state index contributed by atoms with van der Waals surface area (Å²) in [6.07, 6.45) is 2.89. The summed E-state index contributed by atoms with van der Waals surface area (Å²) < 4.78 is 2.52. The highest BCUT2D eigenvalue weighted by molar-refractivity contribution is 9.10. The summed E-state index contributed by atoms with van der Waals surface area (Å²) in [6.45, 7) is 5.36. The molecule has 0 amide bonds. The van der Waals surface area contributed by atoms with Gasteiger partial charge in [0.2, 0.25) is 4.73 Å². The average Bonchev–Trinajstić information content (AvgIpc) is 2.31. The number of hydrogen-bond donors (Lipinski definition) is 0. The molecule has 0 bridgehead atoms. The SMILES string of the molecule is Br.CC(C)CCn1cnc(Br)n1. The molecule has 0 saturated heterocycles. The van der Waals surface area contributed by atoms with Gasteiger partial charge >= 0.3 is 0 Å². The third-order valence-corrected chi connectivity index (χ3v) is 1.81. The fourth-order valence-corrected chi connectivity index (χ4v) is 1.07. The van der Waals surface area contributed by atoms with Gasteiger partial charge in [0.05, 0.1) is 0 Å². The second kappa shape index (κ2) is 5.70. The minimum Gasteiger partial charge on any atom is -0.252 e. The lowest BCUT2D eigenvalue weighted by molar-refractivity contribution is 0.485. The van der Waals surface area contributed by atoms with Crippen molar-refractivity contribution in [3.63, 3.8) is 0 Å². The van der Waals surface area contributed by atoms with Gasteiger partial charge in [-0.05, 0) is 28.3 Å². The van der Waals surface area contributed by atoms with Crippen molar-refractivity contribution < 1.29 is 0 Å². The van der Waals surface area contributed by atoms with E-state index in [0.29, 0.717) is 4.73 Å². The summed E-state index contributed by atoms with van der Waals surface area (Å²) in [7, 11) is 0. The lowest BCUT2D eigenvalue weighted by atomic mass is 10.1. The van der Waals surface area contributed by atoms with Crippen LogP contribution in [-0.4, -0.2) is 14.8 Å². The number of aromatic nitrogens is 3. The van der Waals surface area contributed by atoms with Crippen LogP contribution in [0, 0.1) is 5.92 Å². The van der Waals surface area contributed by atoms with Gasteiger partial charge in [-0.25, -0.2) is 4.98 Å². The van der Waals surface area contributed by atoms with E-state index in [2.05, 4.69) is 39.9 Å². The second-order valence-electron chi connectivity index (χ2n) is 2.96. The van der Waals surface area contributed by atoms with Crippen LogP contribution in [0.25, 0.3) is 0 Å². The minimum atomic E-state index is 0. The number of nitrogens with zero attached hydrogens (tertiary/aromatic N) is 3. The average molecular weight is 299 g/mol. The highest BCUT2D eigenvalue weighted by Gasteiger charge is 1.97. The van der Waals surface area contributed by atoms with E-state index in [1.165, 1.54) is 0 Å². The first-order chi connectivity index (χ1) is 5.18. The van der Waals surface area contributed by atoms with Crippen LogP contribution in [0.4, 0.5) is 0 Å². The van der Waals surface area contributed by atoms with Gasteiger partial charge in [0.15, 0.2) is 0 Å². The van der Waals surface area contributed by atoms with Gasteiger partial charge in [0.1, 0.15) is 6.33 Å². The highest BCUT2D eigenvalue weighted by atomic mass is 79.9. The molecule has 0 aliphatic carbocycles. The molecule has 1 aromatic heterocycles. The molecular formula is C7H13Br2N3. The maximum atomic E-state index is 4.10. The second-order valence-corrected chi connectivity index (χ2v) is 3.67. The molecular weight excluding hydrogens is 286 g/mol. The molecule has 0 atom stereocenters. The van der Waals surface area contributed by atoms with Crippen molar-refractivity contribution in [2.45, 2.75) is 26.8 Å². The first kappa shape index (κ1) is 12.1. The van der Waals surface area contributed by atoms with E-state index in [1.54, 1.807) is 6.33 Å². The number of aryl methyl sites for hydroxylation is 1. The molecule has 0 aromatic carbocycles. The van der Waals surface area contributed by atoms with Gasteiger partial charge in [-0.1, -0.05) is 13.8 Å². The van der Waals surface area contributed by atoms with Gasteiger partial charge in [-0.2, -0.15) is 0 Å². The van der Waals surface area contributed by atoms with E-state index in [0.717, 1.165) is 18.9 Å². The first-order valence-corrected chi connectivity index (χ1v) is 4.52. The largest absolute Gasteiger partial charge is 0.252 e. The zero-order chi connectivity index (χ0) is 8.27. The van der Waals surface area contributed by atoms with Crippen LogP contribution in [0.5, 0.6) is 0 Å². The first-order valence-electron chi connectivity index (χ1n) is 3.73. The molecule has 0 aliphatic heterocycles. The fourth-order valence-electron chi connectivity index (χ4n) is 0.770. The Labute approximate surface area is 91.5 Å². The van der Waals surface area contributed by atoms with Crippen molar-refractivity contribution in [3.05, 3.63) is 11.1 Å². The molecule has 5 heteroatoms. The van der Waals surface area contributed by atoms with Crippen molar-refractivity contribution in [1.29, 1.82) is 0 Å². The maximum Gasteiger partial charge on any atom is 0.217 e. The van der Waals surface area contributed by atoms with E-state index in [4.69, 9.17) is 0 Å². The van der Waals surface area contributed by atoms with Crippen LogP contribution in [0.15, 0.2) is 11.1 Å². The smallest absolute Gasteiger partial charge is 0.217 e. The number of hydrogen-bond acceptors (Lipinski definition) is 2. The van der Waals surface area contributed by atoms with Crippen molar-refractivity contribution in [2.24, 2.45) is 5.92 Å². The maximum absolute atomic E-state index is 4.10. The quantitative estimate of drug-likeness (QED) is 0.859. The van der Waals surface area contributed by atoms with Gasteiger partial charge in [-0.3, -0.25) is 4.68 Å². The Bertz CT molecular complexity index is 222. The number of halogens is 2. The Morgan fingerprint density at radius 3 is 2.67 bits per heavy atom. The predicted octanol–water partition coefficient (Wildman–Crippen LogP) is 2.66. The lowest BCUT2D eigenvalue weighted by Crippen LogP contribution is -2.01. The predicted molar refractivity (Wildman–Crippen MR) is 57.5 cm³/mol. The molecule has 0 saturated carbocycles. The summed E-state index contributed by atoms with van der Waals surface area (Å²) in [4.78, 5) is 3.96. The molecule has 0 unspecified atom stereocenters. The van der Waals surface area contributed by atoms with Crippen LogP contribution in [0.2, 0.25) is 0 Å². The lowest BCUT2D eigenvalue weighted by Gasteiger charge is -2.02. The van der Waals surface area contributed by atoms with Crippen molar-refractivity contribution >= 4 is 32.9 Å². The van der Waals surface area contributed by atoms with Crippen molar-refractivity contribution in [3.8, 4) is 0 Å². The van der Waals surface area contributed by atoms with Crippen LogP contribution in [0.1, 0.15) is 20.3 Å². The van der Waals surface area contributed by atoms with Crippen LogP contribution >= 0.6 is 32.9 Å². The highest BCUT2D eigenvalue weighted by Crippen LogP contribution is 2.03. The van der Waals surface area contributed by atoms with E-state index in [-0.39, 0.29) is 17.0 Å². The van der Waals surface area contributed by atoms with E-state index in [1.807, 2.05) is 4.68 Å². The monoisotopic (exact) mass is 297 g/mol. The standard InChI is InChI=1S/C7H12BrN3.BrH/c1-6(2)3-4-11-5-9-7(8)10-11;/h5-6H,3-4H2,1-2H3;1H. The van der Waals surface area contributed by atoms with Crippen molar-refractivity contribution in [1.82, 2.24) is 14.8 Å². The third kappa shape index (κ3) is 4.21. The Balaban J connectivity index is 0.00000121. The van der Waals surface area contributed by atoms with Crippen LogP contribution in [0.3, 0.4) is 0 Å². The molecule has 0 spiro atoms. The topological polar surface area (TPSA) is 30.7 Å². The van der Waals surface area contributed by atoms with Crippen LogP contribution < -0.4 is 0 Å². The summed E-state index contributed by atoms with van der Waals surface area (Å²) in [5.41, 5.74) is 0. The minimum absolute atomic E-state index is 0. The Morgan fingerprint density at radius 1 is 1.58 bits per heavy atom. The zero-order valence-corrected chi connectivity index (χ0v) is 10.5. The third-order valence-electron chi connectivity index (χ3n) is 1.44. The van der Waals surface area contributed by atoms with Gasteiger partial charge in [0, 0.05) is 6.54 Å². The van der Waals surface area contributed by atoms with Crippen LogP contribution in [-0.2, 0) is 6.54 Å². The molecule has 0 N–H and O–H groups in total. The Hall–Kier alpha value is 0.1000. The van der Waals surface area contributed by atoms with E-state index in [9.17, 15) is 0 Å². The van der Waals surface area contributed by atoms with Gasteiger partial charge in [-0.15, -0.1) is 22.1 Å². The molecule has 1 aromatic rings. The molecule has 3 nitrogen and oxygen atoms in total. The summed E-state index contributed by atoms with van der Waals surface area (Å²) >= 11 is 3.20. The molecule has 70 valence electrons. The van der Waals surface area contributed by atoms with E-state index < -0.39 is 0 Å². The zero-order valence-electron chi connectivity index (χ0n) is 7.20. The van der Waals surface area contributed by atoms with Gasteiger partial charge in [0.25, 0.3) is 0 Å². The summed E-state index contributed by atoms with van der Waals surface area (Å²) in [5, 5.41) is 4.10. The Kier molecular flexibility index (Phi) is 5.74. The molecule has 1 heterocycles.